The Morgan fingerprint density at radius 1 is 0.618 bits per heavy atom. The van der Waals surface area contributed by atoms with Gasteiger partial charge in [0.2, 0.25) is 5.95 Å². The van der Waals surface area contributed by atoms with E-state index in [0.29, 0.717) is 17.5 Å². The van der Waals surface area contributed by atoms with Crippen LogP contribution >= 0.6 is 0 Å². The van der Waals surface area contributed by atoms with Crippen LogP contribution in [0.15, 0.2) is 156 Å². The molecule has 0 fully saturated rings. The Balaban J connectivity index is 1.11. The van der Waals surface area contributed by atoms with Crippen molar-refractivity contribution in [2.45, 2.75) is 44.7 Å². The van der Waals surface area contributed by atoms with Crippen LogP contribution in [-0.4, -0.2) is 26.6 Å². The molecule has 1 unspecified atom stereocenters. The number of benzene rings is 6. The first kappa shape index (κ1) is 32.9. The van der Waals surface area contributed by atoms with Crippen molar-refractivity contribution in [1.82, 2.24) is 14.5 Å². The summed E-state index contributed by atoms with van der Waals surface area (Å²) in [7, 11) is 0. The van der Waals surface area contributed by atoms with E-state index in [1.807, 2.05) is 42.6 Å². The zero-order valence-electron chi connectivity index (χ0n) is 31.3. The fourth-order valence-electron chi connectivity index (χ4n) is 8.93. The quantitative estimate of drug-likeness (QED) is 0.138. The van der Waals surface area contributed by atoms with Gasteiger partial charge in [0.05, 0.1) is 16.7 Å². The number of para-hydroxylation sites is 1. The molecule has 2 aliphatic carbocycles. The largest absolute Gasteiger partial charge is 0.383 e. The molecule has 2 aliphatic rings. The first-order chi connectivity index (χ1) is 26.7. The van der Waals surface area contributed by atoms with Gasteiger partial charge < -0.3 is 5.73 Å². The molecule has 0 aliphatic heterocycles. The first-order valence-electron chi connectivity index (χ1n) is 18.9. The van der Waals surface area contributed by atoms with Gasteiger partial charge in [-0.05, 0) is 80.4 Å². The van der Waals surface area contributed by atoms with E-state index in [9.17, 15) is 0 Å². The lowest BCUT2D eigenvalue weighted by atomic mass is 9.82. The third-order valence-corrected chi connectivity index (χ3v) is 11.8. The van der Waals surface area contributed by atoms with Crippen LogP contribution in [0.1, 0.15) is 72.9 Å². The van der Waals surface area contributed by atoms with Crippen molar-refractivity contribution in [2.75, 3.05) is 0 Å². The number of aliphatic imine (C=N–C) groups is 2. The molecule has 8 aromatic rings. The number of hydrogen-bond acceptors (Lipinski definition) is 4. The SMILES string of the molecule is CC1(C)c2ccccc2-c2ccc(C(N)=NC(N=Cc3ccccc3)c3ccnc(-n4c5ccccc5c5cc6c(cc54)C(C)(C)c4ccccc4-6)n3)cc21. The Morgan fingerprint density at radius 3 is 2.02 bits per heavy atom. The van der Waals surface area contributed by atoms with Crippen LogP contribution in [0.5, 0.6) is 0 Å². The number of hydrogen-bond donors (Lipinski definition) is 1. The summed E-state index contributed by atoms with van der Waals surface area (Å²) in [6.07, 6.45) is 2.93. The van der Waals surface area contributed by atoms with Gasteiger partial charge in [-0.2, -0.15) is 0 Å². The smallest absolute Gasteiger partial charge is 0.234 e. The first-order valence-corrected chi connectivity index (χ1v) is 18.9. The van der Waals surface area contributed by atoms with E-state index in [2.05, 4.69) is 135 Å². The molecule has 0 saturated carbocycles. The van der Waals surface area contributed by atoms with Gasteiger partial charge in [-0.1, -0.05) is 137 Å². The van der Waals surface area contributed by atoms with Gasteiger partial charge >= 0.3 is 0 Å². The molecule has 2 heterocycles. The van der Waals surface area contributed by atoms with Crippen molar-refractivity contribution in [2.24, 2.45) is 15.7 Å². The van der Waals surface area contributed by atoms with Gasteiger partial charge in [0, 0.05) is 39.6 Å². The predicted molar refractivity (Wildman–Crippen MR) is 225 cm³/mol. The summed E-state index contributed by atoms with van der Waals surface area (Å²) in [5.41, 5.74) is 21.5. The maximum absolute atomic E-state index is 6.91. The summed E-state index contributed by atoms with van der Waals surface area (Å²) >= 11 is 0. The molecule has 55 heavy (non-hydrogen) atoms. The third-order valence-electron chi connectivity index (χ3n) is 11.8. The molecular formula is C49H40N6. The monoisotopic (exact) mass is 712 g/mol. The lowest BCUT2D eigenvalue weighted by Gasteiger charge is -2.22. The van der Waals surface area contributed by atoms with Crippen molar-refractivity contribution < 1.29 is 0 Å². The fourth-order valence-corrected chi connectivity index (χ4v) is 8.93. The molecule has 0 amide bonds. The lowest BCUT2D eigenvalue weighted by Crippen LogP contribution is -2.19. The van der Waals surface area contributed by atoms with Gasteiger partial charge in [0.15, 0.2) is 6.17 Å². The highest BCUT2D eigenvalue weighted by Crippen LogP contribution is 2.51. The Labute approximate surface area is 320 Å². The number of nitrogens with zero attached hydrogens (tertiary/aromatic N) is 5. The number of aromatic nitrogens is 3. The van der Waals surface area contributed by atoms with Crippen molar-refractivity contribution in [3.63, 3.8) is 0 Å². The van der Waals surface area contributed by atoms with Gasteiger partial charge in [-0.15, -0.1) is 0 Å². The molecule has 2 aromatic heterocycles. The molecule has 0 spiro atoms. The molecule has 6 aromatic carbocycles. The topological polar surface area (TPSA) is 81.5 Å². The van der Waals surface area contributed by atoms with E-state index in [0.717, 1.165) is 27.5 Å². The van der Waals surface area contributed by atoms with Gasteiger partial charge in [-0.25, -0.2) is 15.0 Å². The molecule has 266 valence electrons. The molecule has 0 radical (unpaired) electrons. The standard InChI is InChI=1S/C49H40N6/c1-48(2)38-19-11-8-16-32(38)34-23-22-31(26-40(34)48)45(50)54-46(52-29-30-14-6-5-7-15-30)42-24-25-51-47(53-42)55-43-21-13-10-18-35(43)37-27-36-33-17-9-12-20-39(33)49(3,4)41(36)28-44(37)55/h5-29,46H,1-4H3,(H2,50,54). The van der Waals surface area contributed by atoms with Crippen LogP contribution in [0.4, 0.5) is 0 Å². The summed E-state index contributed by atoms with van der Waals surface area (Å²) < 4.78 is 2.18. The van der Waals surface area contributed by atoms with E-state index >= 15 is 0 Å². The van der Waals surface area contributed by atoms with Crippen LogP contribution in [0, 0.1) is 0 Å². The van der Waals surface area contributed by atoms with Crippen LogP contribution in [0.25, 0.3) is 50.0 Å². The molecule has 6 nitrogen and oxygen atoms in total. The van der Waals surface area contributed by atoms with Gasteiger partial charge in [-0.3, -0.25) is 9.56 Å². The van der Waals surface area contributed by atoms with E-state index in [-0.39, 0.29) is 10.8 Å². The normalized spacial score (nSPS) is 15.6. The van der Waals surface area contributed by atoms with E-state index < -0.39 is 6.17 Å². The molecular weight excluding hydrogens is 673 g/mol. The van der Waals surface area contributed by atoms with Crippen molar-refractivity contribution in [1.29, 1.82) is 0 Å². The minimum atomic E-state index is -0.716. The zero-order valence-corrected chi connectivity index (χ0v) is 31.3. The molecule has 0 bridgehead atoms. The van der Waals surface area contributed by atoms with Crippen molar-refractivity contribution >= 4 is 33.9 Å². The van der Waals surface area contributed by atoms with Crippen LogP contribution in [-0.2, 0) is 10.8 Å². The molecule has 6 heteroatoms. The minimum Gasteiger partial charge on any atom is -0.383 e. The van der Waals surface area contributed by atoms with Crippen LogP contribution in [0.2, 0.25) is 0 Å². The third kappa shape index (κ3) is 5.09. The summed E-state index contributed by atoms with van der Waals surface area (Å²) in [6.45, 7) is 9.16. The summed E-state index contributed by atoms with van der Waals surface area (Å²) in [5, 5.41) is 2.32. The average molecular weight is 713 g/mol. The summed E-state index contributed by atoms with van der Waals surface area (Å²) in [6, 6.07) is 48.9. The van der Waals surface area contributed by atoms with E-state index in [1.54, 1.807) is 6.20 Å². The highest BCUT2D eigenvalue weighted by Gasteiger charge is 2.37. The van der Waals surface area contributed by atoms with Crippen molar-refractivity contribution in [3.05, 3.63) is 185 Å². The number of fused-ring (bicyclic) bond motifs is 9. The summed E-state index contributed by atoms with van der Waals surface area (Å²) in [5.74, 6) is 0.960. The Kier molecular flexibility index (Phi) is 7.30. The van der Waals surface area contributed by atoms with Crippen LogP contribution < -0.4 is 5.73 Å². The maximum Gasteiger partial charge on any atom is 0.234 e. The van der Waals surface area contributed by atoms with Crippen LogP contribution in [0.3, 0.4) is 0 Å². The van der Waals surface area contributed by atoms with E-state index in [4.69, 9.17) is 25.7 Å². The number of amidine groups is 1. The predicted octanol–water partition coefficient (Wildman–Crippen LogP) is 10.7. The minimum absolute atomic E-state index is 0.150. The lowest BCUT2D eigenvalue weighted by molar-refractivity contribution is 0.660. The van der Waals surface area contributed by atoms with Gasteiger partial charge in [0.25, 0.3) is 0 Å². The van der Waals surface area contributed by atoms with E-state index in [1.165, 1.54) is 49.9 Å². The highest BCUT2D eigenvalue weighted by molar-refractivity contribution is 6.11. The Hall–Kier alpha value is -6.66. The Bertz CT molecular complexity index is 2890. The Morgan fingerprint density at radius 2 is 1.25 bits per heavy atom. The molecule has 1 atom stereocenters. The summed E-state index contributed by atoms with van der Waals surface area (Å²) in [4.78, 5) is 20.2. The number of nitrogens with two attached hydrogens (primary N) is 1. The molecule has 0 saturated heterocycles. The second-order valence-electron chi connectivity index (χ2n) is 15.7. The second-order valence-corrected chi connectivity index (χ2v) is 15.7. The molecule has 2 N–H and O–H groups in total. The van der Waals surface area contributed by atoms with Gasteiger partial charge in [0.1, 0.15) is 5.84 Å². The maximum atomic E-state index is 6.91. The number of rotatable bonds is 6. The fraction of sp³-hybridized carbons (Fsp3) is 0.143. The highest BCUT2D eigenvalue weighted by atomic mass is 15.2. The molecule has 10 rings (SSSR count). The van der Waals surface area contributed by atoms with Crippen molar-refractivity contribution in [3.8, 4) is 28.2 Å². The average Bonchev–Trinajstić information content (AvgIpc) is 3.75. The second kappa shape index (κ2) is 12.2. The zero-order chi connectivity index (χ0) is 37.5.